The average molecular weight is 251 g/mol. The van der Waals surface area contributed by atoms with Gasteiger partial charge in [-0.3, -0.25) is 0 Å². The van der Waals surface area contributed by atoms with E-state index in [9.17, 15) is 0 Å². The van der Waals surface area contributed by atoms with E-state index in [4.69, 9.17) is 5.73 Å². The van der Waals surface area contributed by atoms with E-state index < -0.39 is 0 Å². The van der Waals surface area contributed by atoms with E-state index >= 15 is 0 Å². The molecule has 1 aliphatic rings. The first-order valence-electron chi connectivity index (χ1n) is 6.30. The second-order valence-corrected chi connectivity index (χ2v) is 6.09. The van der Waals surface area contributed by atoms with E-state index in [1.807, 2.05) is 11.8 Å². The number of aromatic nitrogens is 2. The molecule has 2 unspecified atom stereocenters. The Bertz CT molecular complexity index is 383. The molecule has 2 N–H and O–H groups in total. The standard InChI is InChI=1S/C13H21N3S/c1-8-9(2)15-13(16-10(8)3)17-12-6-4-5-11(12)7-14/h11-12H,4-7,14H2,1-3H3. The molecule has 0 aromatic carbocycles. The van der Waals surface area contributed by atoms with Gasteiger partial charge in [-0.1, -0.05) is 18.2 Å². The van der Waals surface area contributed by atoms with Crippen LogP contribution in [-0.2, 0) is 0 Å². The Kier molecular flexibility index (Phi) is 4.05. The second-order valence-electron chi connectivity index (χ2n) is 4.88. The van der Waals surface area contributed by atoms with Crippen LogP contribution in [0.15, 0.2) is 5.16 Å². The van der Waals surface area contributed by atoms with E-state index in [1.54, 1.807) is 0 Å². The summed E-state index contributed by atoms with van der Waals surface area (Å²) in [7, 11) is 0. The zero-order valence-electron chi connectivity index (χ0n) is 10.9. The predicted octanol–water partition coefficient (Wildman–Crippen LogP) is 2.62. The van der Waals surface area contributed by atoms with E-state index in [2.05, 4.69) is 30.7 Å². The first-order chi connectivity index (χ1) is 8.11. The summed E-state index contributed by atoms with van der Waals surface area (Å²) in [4.78, 5) is 9.15. The molecule has 1 fully saturated rings. The highest BCUT2D eigenvalue weighted by atomic mass is 32.2. The Balaban J connectivity index is 2.13. The minimum atomic E-state index is 0.613. The Morgan fingerprint density at radius 1 is 1.18 bits per heavy atom. The molecule has 1 aromatic heterocycles. The van der Waals surface area contributed by atoms with Crippen LogP contribution in [0.5, 0.6) is 0 Å². The van der Waals surface area contributed by atoms with Crippen LogP contribution >= 0.6 is 11.8 Å². The maximum absolute atomic E-state index is 5.81. The Hall–Kier alpha value is -0.610. The minimum absolute atomic E-state index is 0.613. The van der Waals surface area contributed by atoms with Crippen molar-refractivity contribution >= 4 is 11.8 Å². The third-order valence-corrected chi connectivity index (χ3v) is 5.08. The summed E-state index contributed by atoms with van der Waals surface area (Å²) >= 11 is 1.82. The van der Waals surface area contributed by atoms with Crippen molar-refractivity contribution in [1.82, 2.24) is 9.97 Å². The lowest BCUT2D eigenvalue weighted by molar-refractivity contribution is 0.572. The number of thioether (sulfide) groups is 1. The first-order valence-corrected chi connectivity index (χ1v) is 7.18. The monoisotopic (exact) mass is 251 g/mol. The lowest BCUT2D eigenvalue weighted by atomic mass is 10.1. The van der Waals surface area contributed by atoms with Gasteiger partial charge < -0.3 is 5.73 Å². The molecular weight excluding hydrogens is 230 g/mol. The summed E-state index contributed by atoms with van der Waals surface area (Å²) in [5, 5.41) is 1.54. The first kappa shape index (κ1) is 12.8. The summed E-state index contributed by atoms with van der Waals surface area (Å²) < 4.78 is 0. The van der Waals surface area contributed by atoms with Gasteiger partial charge in [0.1, 0.15) is 0 Å². The fourth-order valence-electron chi connectivity index (χ4n) is 2.36. The highest BCUT2D eigenvalue weighted by Gasteiger charge is 2.27. The zero-order valence-corrected chi connectivity index (χ0v) is 11.7. The topological polar surface area (TPSA) is 51.8 Å². The van der Waals surface area contributed by atoms with Gasteiger partial charge >= 0.3 is 0 Å². The zero-order chi connectivity index (χ0) is 12.4. The number of nitrogens with zero attached hydrogens (tertiary/aromatic N) is 2. The molecule has 0 saturated heterocycles. The molecule has 0 amide bonds. The van der Waals surface area contributed by atoms with Gasteiger partial charge in [-0.2, -0.15) is 0 Å². The van der Waals surface area contributed by atoms with E-state index in [1.165, 1.54) is 24.8 Å². The average Bonchev–Trinajstić information content (AvgIpc) is 2.73. The van der Waals surface area contributed by atoms with Crippen LogP contribution in [-0.4, -0.2) is 21.8 Å². The maximum Gasteiger partial charge on any atom is 0.188 e. The van der Waals surface area contributed by atoms with E-state index in [0.29, 0.717) is 11.2 Å². The van der Waals surface area contributed by atoms with E-state index in [-0.39, 0.29) is 0 Å². The van der Waals surface area contributed by atoms with Crippen LogP contribution in [0.25, 0.3) is 0 Å². The Morgan fingerprint density at radius 3 is 2.41 bits per heavy atom. The molecule has 4 heteroatoms. The van der Waals surface area contributed by atoms with Gasteiger partial charge in [-0.05, 0) is 51.6 Å². The largest absolute Gasteiger partial charge is 0.330 e. The van der Waals surface area contributed by atoms with Crippen molar-refractivity contribution in [2.45, 2.75) is 50.4 Å². The van der Waals surface area contributed by atoms with Gasteiger partial charge in [0.05, 0.1) is 0 Å². The van der Waals surface area contributed by atoms with Crippen LogP contribution in [0, 0.1) is 26.7 Å². The van der Waals surface area contributed by atoms with Crippen LogP contribution in [0.4, 0.5) is 0 Å². The van der Waals surface area contributed by atoms with Gasteiger partial charge in [0.25, 0.3) is 0 Å². The minimum Gasteiger partial charge on any atom is -0.330 e. The lowest BCUT2D eigenvalue weighted by Gasteiger charge is -2.17. The Morgan fingerprint density at radius 2 is 1.82 bits per heavy atom. The quantitative estimate of drug-likeness (QED) is 0.839. The molecule has 0 bridgehead atoms. The van der Waals surface area contributed by atoms with Gasteiger partial charge in [-0.15, -0.1) is 0 Å². The highest BCUT2D eigenvalue weighted by molar-refractivity contribution is 7.99. The number of nitrogens with two attached hydrogens (primary N) is 1. The smallest absolute Gasteiger partial charge is 0.188 e. The van der Waals surface area contributed by atoms with Gasteiger partial charge in [0.15, 0.2) is 5.16 Å². The molecule has 17 heavy (non-hydrogen) atoms. The predicted molar refractivity (Wildman–Crippen MR) is 72.3 cm³/mol. The van der Waals surface area contributed by atoms with Crippen molar-refractivity contribution in [3.63, 3.8) is 0 Å². The summed E-state index contributed by atoms with van der Waals surface area (Å²) in [6.07, 6.45) is 3.81. The molecule has 2 rings (SSSR count). The lowest BCUT2D eigenvalue weighted by Crippen LogP contribution is -2.20. The summed E-state index contributed by atoms with van der Waals surface area (Å²) in [5.74, 6) is 0.644. The molecule has 1 heterocycles. The SMILES string of the molecule is Cc1nc(SC2CCCC2CN)nc(C)c1C. The van der Waals surface area contributed by atoms with Crippen molar-refractivity contribution in [3.8, 4) is 0 Å². The van der Waals surface area contributed by atoms with Gasteiger partial charge in [-0.25, -0.2) is 9.97 Å². The summed E-state index contributed by atoms with van der Waals surface area (Å²) in [6.45, 7) is 6.99. The van der Waals surface area contributed by atoms with Crippen molar-refractivity contribution in [2.75, 3.05) is 6.54 Å². The van der Waals surface area contributed by atoms with Crippen LogP contribution < -0.4 is 5.73 Å². The molecular formula is C13H21N3S. The second kappa shape index (κ2) is 5.36. The molecule has 1 saturated carbocycles. The summed E-state index contributed by atoms with van der Waals surface area (Å²) in [6, 6.07) is 0. The van der Waals surface area contributed by atoms with Crippen molar-refractivity contribution in [2.24, 2.45) is 11.7 Å². The van der Waals surface area contributed by atoms with Crippen molar-refractivity contribution in [1.29, 1.82) is 0 Å². The number of rotatable bonds is 3. The highest BCUT2D eigenvalue weighted by Crippen LogP contribution is 2.37. The number of aryl methyl sites for hydroxylation is 2. The molecule has 2 atom stereocenters. The maximum atomic E-state index is 5.81. The van der Waals surface area contributed by atoms with Crippen molar-refractivity contribution < 1.29 is 0 Å². The molecule has 1 aliphatic carbocycles. The normalized spacial score (nSPS) is 24.2. The fourth-order valence-corrected chi connectivity index (χ4v) is 3.73. The van der Waals surface area contributed by atoms with Crippen LogP contribution in [0.2, 0.25) is 0 Å². The van der Waals surface area contributed by atoms with E-state index in [0.717, 1.165) is 23.1 Å². The van der Waals surface area contributed by atoms with Gasteiger partial charge in [0.2, 0.25) is 0 Å². The van der Waals surface area contributed by atoms with Crippen molar-refractivity contribution in [3.05, 3.63) is 17.0 Å². The molecule has 3 nitrogen and oxygen atoms in total. The number of hydrogen-bond acceptors (Lipinski definition) is 4. The summed E-state index contributed by atoms with van der Waals surface area (Å²) in [5.41, 5.74) is 9.21. The molecule has 94 valence electrons. The molecule has 0 aliphatic heterocycles. The molecule has 0 radical (unpaired) electrons. The third-order valence-electron chi connectivity index (χ3n) is 3.76. The Labute approximate surface area is 108 Å². The van der Waals surface area contributed by atoms with Crippen LogP contribution in [0.3, 0.4) is 0 Å². The fraction of sp³-hybridized carbons (Fsp3) is 0.692. The third kappa shape index (κ3) is 2.80. The molecule has 0 spiro atoms. The van der Waals surface area contributed by atoms with Crippen LogP contribution in [0.1, 0.15) is 36.2 Å². The van der Waals surface area contributed by atoms with Gasteiger partial charge in [0, 0.05) is 16.6 Å². The number of hydrogen-bond donors (Lipinski definition) is 1. The molecule has 1 aromatic rings.